The molecule has 0 aromatic heterocycles. The van der Waals surface area contributed by atoms with Gasteiger partial charge in [0.1, 0.15) is 0 Å². The molecule has 82 valence electrons. The molecule has 0 spiro atoms. The summed E-state index contributed by atoms with van der Waals surface area (Å²) in [6.45, 7) is 0. The van der Waals surface area contributed by atoms with Crippen LogP contribution in [-0.2, 0) is 0 Å². The minimum Gasteiger partial charge on any atom is -0.267 e. The van der Waals surface area contributed by atoms with Crippen molar-refractivity contribution in [2.75, 3.05) is 5.75 Å². The van der Waals surface area contributed by atoms with Crippen molar-refractivity contribution in [3.05, 3.63) is 35.9 Å². The highest BCUT2D eigenvalue weighted by atomic mass is 32.2. The Morgan fingerprint density at radius 2 is 1.80 bits per heavy atom. The number of alkyl halides is 3. The molecule has 0 bridgehead atoms. The summed E-state index contributed by atoms with van der Waals surface area (Å²) < 4.78 is 35.4. The summed E-state index contributed by atoms with van der Waals surface area (Å²) in [6, 6.07) is 8.51. The average molecular weight is 235 g/mol. The molecule has 1 aromatic carbocycles. The number of benzene rings is 1. The van der Waals surface area contributed by atoms with Crippen molar-refractivity contribution >= 4 is 16.9 Å². The van der Waals surface area contributed by atoms with Crippen LogP contribution in [-0.4, -0.2) is 21.8 Å². The molecule has 0 radical (unpaired) electrons. The van der Waals surface area contributed by atoms with Crippen molar-refractivity contribution in [3.63, 3.8) is 0 Å². The Labute approximate surface area is 89.7 Å². The van der Waals surface area contributed by atoms with Gasteiger partial charge in [0.15, 0.2) is 0 Å². The van der Waals surface area contributed by atoms with Crippen LogP contribution in [0.5, 0.6) is 0 Å². The Hall–Kier alpha value is -0.970. The second-order valence-electron chi connectivity index (χ2n) is 2.88. The van der Waals surface area contributed by atoms with Gasteiger partial charge in [-0.05, 0) is 23.9 Å². The molecule has 1 nitrogen and oxygen atoms in total. The van der Waals surface area contributed by atoms with Gasteiger partial charge in [-0.1, -0.05) is 18.2 Å². The molecule has 0 aliphatic heterocycles. The van der Waals surface area contributed by atoms with Gasteiger partial charge >= 0.3 is 11.3 Å². The monoisotopic (exact) mass is 235 g/mol. The molecule has 1 N–H and O–H groups in total. The summed E-state index contributed by atoms with van der Waals surface area (Å²) in [7, 11) is 0. The van der Waals surface area contributed by atoms with Crippen LogP contribution in [0.3, 0.4) is 0 Å². The van der Waals surface area contributed by atoms with Crippen molar-refractivity contribution < 1.29 is 18.0 Å². The normalized spacial score (nSPS) is 11.4. The summed E-state index contributed by atoms with van der Waals surface area (Å²) in [5.41, 5.74) is 0.546. The van der Waals surface area contributed by atoms with Crippen LogP contribution >= 0.6 is 11.8 Å². The van der Waals surface area contributed by atoms with E-state index in [1.165, 1.54) is 0 Å². The van der Waals surface area contributed by atoms with Crippen molar-refractivity contribution in [2.45, 2.75) is 12.6 Å². The first-order valence-electron chi connectivity index (χ1n) is 4.30. The zero-order valence-corrected chi connectivity index (χ0v) is 8.61. The van der Waals surface area contributed by atoms with Gasteiger partial charge < -0.3 is 0 Å². The molecule has 0 atom stereocenters. The lowest BCUT2D eigenvalue weighted by Crippen LogP contribution is -2.09. The third-order valence-electron chi connectivity index (χ3n) is 1.65. The predicted octanol–water partition coefficient (Wildman–Crippen LogP) is 3.22. The van der Waals surface area contributed by atoms with Gasteiger partial charge in [-0.3, -0.25) is 4.79 Å². The van der Waals surface area contributed by atoms with E-state index in [4.69, 9.17) is 0 Å². The molecule has 0 saturated carbocycles. The van der Waals surface area contributed by atoms with Crippen LogP contribution < -0.4 is 0 Å². The van der Waals surface area contributed by atoms with E-state index in [1.807, 2.05) is 0 Å². The lowest BCUT2D eigenvalue weighted by atomic mass is 10.2. The topological polar surface area (TPSA) is 21.4 Å². The molecule has 0 aliphatic rings. The molecule has 1 rings (SSSR count). The van der Waals surface area contributed by atoms with E-state index in [9.17, 15) is 18.0 Å². The number of rotatable bonds is 3. The SMILES string of the molecule is [OH+]=C(SCCC(F)(F)F)c1ccccc1. The number of carbonyl (C=O) groups excluding carboxylic acids is 1. The van der Waals surface area contributed by atoms with Crippen molar-refractivity contribution in [2.24, 2.45) is 0 Å². The first-order chi connectivity index (χ1) is 6.99. The average Bonchev–Trinajstić information content (AvgIpc) is 2.17. The predicted molar refractivity (Wildman–Crippen MR) is 55.6 cm³/mol. The van der Waals surface area contributed by atoms with Gasteiger partial charge in [0.2, 0.25) is 0 Å². The zero-order chi connectivity index (χ0) is 11.3. The van der Waals surface area contributed by atoms with E-state index in [0.29, 0.717) is 5.56 Å². The van der Waals surface area contributed by atoms with Crippen LogP contribution in [0.15, 0.2) is 30.3 Å². The molecule has 0 fully saturated rings. The van der Waals surface area contributed by atoms with Crippen LogP contribution in [0.2, 0.25) is 0 Å². The van der Waals surface area contributed by atoms with Gasteiger partial charge in [0.25, 0.3) is 0 Å². The lowest BCUT2D eigenvalue weighted by molar-refractivity contribution is -0.129. The van der Waals surface area contributed by atoms with Crippen molar-refractivity contribution in [1.82, 2.24) is 0 Å². The Bertz CT molecular complexity index is 321. The minimum absolute atomic E-state index is 0.0696. The van der Waals surface area contributed by atoms with Gasteiger partial charge in [0.05, 0.1) is 12.0 Å². The van der Waals surface area contributed by atoms with Crippen molar-refractivity contribution in [1.29, 1.82) is 0 Å². The molecule has 0 amide bonds. The fourth-order valence-corrected chi connectivity index (χ4v) is 1.76. The minimum atomic E-state index is -4.16. The summed E-state index contributed by atoms with van der Waals surface area (Å²) >= 11 is 0.809. The summed E-state index contributed by atoms with van der Waals surface area (Å²) in [5, 5.41) is -0.0696. The molecule has 15 heavy (non-hydrogen) atoms. The van der Waals surface area contributed by atoms with Crippen molar-refractivity contribution in [3.8, 4) is 0 Å². The highest BCUT2D eigenvalue weighted by molar-refractivity contribution is 8.14. The highest BCUT2D eigenvalue weighted by Crippen LogP contribution is 2.23. The van der Waals surface area contributed by atoms with E-state index in [2.05, 4.69) is 0 Å². The third kappa shape index (κ3) is 4.88. The van der Waals surface area contributed by atoms with Crippen LogP contribution in [0.25, 0.3) is 0 Å². The van der Waals surface area contributed by atoms with Gasteiger partial charge in [-0.2, -0.15) is 13.2 Å². The molecule has 0 aliphatic carbocycles. The molecular formula is C10H10F3OS+. The van der Waals surface area contributed by atoms with E-state index in [-0.39, 0.29) is 10.9 Å². The smallest absolute Gasteiger partial charge is 0.267 e. The Morgan fingerprint density at radius 1 is 1.20 bits per heavy atom. The maximum absolute atomic E-state index is 11.8. The van der Waals surface area contributed by atoms with E-state index >= 15 is 0 Å². The maximum atomic E-state index is 11.8. The highest BCUT2D eigenvalue weighted by Gasteiger charge is 2.27. The molecule has 0 unspecified atom stereocenters. The number of hydrogen-bond acceptors (Lipinski definition) is 1. The second-order valence-corrected chi connectivity index (χ2v) is 3.97. The molecule has 0 heterocycles. The first-order valence-corrected chi connectivity index (χ1v) is 5.28. The Kier molecular flexibility index (Phi) is 4.20. The molecule has 0 saturated heterocycles. The third-order valence-corrected chi connectivity index (χ3v) is 2.56. The number of hydrogen-bond donors (Lipinski definition) is 0. The van der Waals surface area contributed by atoms with E-state index in [1.54, 1.807) is 30.3 Å². The Balaban J connectivity index is 2.38. The zero-order valence-electron chi connectivity index (χ0n) is 7.79. The molecular weight excluding hydrogens is 225 g/mol. The Morgan fingerprint density at radius 3 is 2.33 bits per heavy atom. The molecule has 5 heteroatoms. The standard InChI is InChI=1S/C10H9F3OS/c11-10(12,13)6-7-15-9(14)8-4-2-1-3-5-8/h1-5H,6-7H2/p+1. The van der Waals surface area contributed by atoms with E-state index < -0.39 is 12.6 Å². The van der Waals surface area contributed by atoms with Crippen LogP contribution in [0, 0.1) is 0 Å². The fourth-order valence-electron chi connectivity index (χ4n) is 0.927. The van der Waals surface area contributed by atoms with Gasteiger partial charge in [0, 0.05) is 5.75 Å². The van der Waals surface area contributed by atoms with Gasteiger partial charge in [-0.25, -0.2) is 0 Å². The van der Waals surface area contributed by atoms with Gasteiger partial charge in [-0.15, -0.1) is 0 Å². The van der Waals surface area contributed by atoms with E-state index in [0.717, 1.165) is 11.8 Å². The second kappa shape index (κ2) is 5.21. The quantitative estimate of drug-likeness (QED) is 0.737. The fraction of sp³-hybridized carbons (Fsp3) is 0.300. The van der Waals surface area contributed by atoms with Crippen LogP contribution in [0.1, 0.15) is 12.0 Å². The molecule has 1 aromatic rings. The summed E-state index contributed by atoms with van der Waals surface area (Å²) in [4.78, 5) is 9.43. The first kappa shape index (κ1) is 12.1. The number of halogens is 3. The largest absolute Gasteiger partial charge is 0.389 e. The number of thioether (sulfide) groups is 1. The lowest BCUT2D eigenvalue weighted by Gasteiger charge is -2.02. The summed E-state index contributed by atoms with van der Waals surface area (Å²) in [5.74, 6) is -0.162. The maximum Gasteiger partial charge on any atom is 0.389 e. The summed E-state index contributed by atoms with van der Waals surface area (Å²) in [6.07, 6.45) is -5.06. The van der Waals surface area contributed by atoms with Crippen LogP contribution in [0.4, 0.5) is 13.2 Å².